The fraction of sp³-hybridized carbons (Fsp3) is 0.154. The highest BCUT2D eigenvalue weighted by Crippen LogP contribution is 2.37. The Morgan fingerprint density at radius 2 is 2.14 bits per heavy atom. The molecular formula is C13H9ClN2O3S2. The Labute approximate surface area is 134 Å². The number of fused-ring (bicyclic) bond motifs is 1. The Kier molecular flexibility index (Phi) is 3.97. The summed E-state index contributed by atoms with van der Waals surface area (Å²) in [4.78, 5) is 25.3. The lowest BCUT2D eigenvalue weighted by molar-refractivity contribution is -0.139. The molecule has 0 radical (unpaired) electrons. The summed E-state index contributed by atoms with van der Waals surface area (Å²) >= 11 is 8.47. The molecule has 1 N–H and O–H groups in total. The minimum absolute atomic E-state index is 0.0409. The molecule has 108 valence electrons. The van der Waals surface area contributed by atoms with Gasteiger partial charge < -0.3 is 5.11 Å². The number of benzene rings is 1. The van der Waals surface area contributed by atoms with Gasteiger partial charge in [-0.25, -0.2) is 9.19 Å². The highest BCUT2D eigenvalue weighted by Gasteiger charge is 2.49. The fourth-order valence-electron chi connectivity index (χ4n) is 1.97. The van der Waals surface area contributed by atoms with Gasteiger partial charge in [0, 0.05) is 27.6 Å². The highest BCUT2D eigenvalue weighted by molar-refractivity contribution is 8.01. The number of halogens is 1. The van der Waals surface area contributed by atoms with Gasteiger partial charge in [-0.1, -0.05) is 11.6 Å². The Hall–Kier alpha value is -1.44. The third-order valence-electron chi connectivity index (χ3n) is 2.98. The van der Waals surface area contributed by atoms with Crippen LogP contribution < -0.4 is 0 Å². The van der Waals surface area contributed by atoms with E-state index in [2.05, 4.69) is 4.40 Å². The molecule has 2 aliphatic heterocycles. The average Bonchev–Trinajstić information content (AvgIpc) is 2.48. The second-order valence-corrected chi connectivity index (χ2v) is 6.66. The van der Waals surface area contributed by atoms with Gasteiger partial charge in [-0.05, 0) is 30.3 Å². The highest BCUT2D eigenvalue weighted by atomic mass is 35.5. The molecule has 0 saturated carbocycles. The molecule has 8 heteroatoms. The van der Waals surface area contributed by atoms with Gasteiger partial charge in [-0.15, -0.1) is 11.8 Å². The van der Waals surface area contributed by atoms with Crippen LogP contribution in [0.25, 0.3) is 0 Å². The van der Waals surface area contributed by atoms with Crippen LogP contribution in [-0.2, 0) is 9.59 Å². The zero-order chi connectivity index (χ0) is 15.0. The van der Waals surface area contributed by atoms with Crippen LogP contribution in [0.15, 0.2) is 45.3 Å². The first-order valence-electron chi connectivity index (χ1n) is 5.97. The van der Waals surface area contributed by atoms with Crippen LogP contribution in [0.5, 0.6) is 0 Å². The lowest BCUT2D eigenvalue weighted by atomic mass is 10.1. The van der Waals surface area contributed by atoms with Gasteiger partial charge >= 0.3 is 5.97 Å². The third-order valence-corrected chi connectivity index (χ3v) is 5.11. The van der Waals surface area contributed by atoms with Crippen molar-refractivity contribution in [2.24, 2.45) is 4.40 Å². The van der Waals surface area contributed by atoms with Gasteiger partial charge in [0.25, 0.3) is 5.91 Å². The molecule has 0 aromatic heterocycles. The summed E-state index contributed by atoms with van der Waals surface area (Å²) in [6.45, 7) is 0. The van der Waals surface area contributed by atoms with Crippen molar-refractivity contribution in [3.05, 3.63) is 41.1 Å². The first kappa shape index (κ1) is 14.5. The first-order chi connectivity index (χ1) is 10.1. The van der Waals surface area contributed by atoms with Crippen molar-refractivity contribution in [2.75, 3.05) is 5.75 Å². The van der Waals surface area contributed by atoms with Crippen LogP contribution in [-0.4, -0.2) is 38.7 Å². The number of hydrogen-bond acceptors (Lipinski definition) is 5. The molecule has 0 aliphatic carbocycles. The minimum atomic E-state index is -1.09. The van der Waals surface area contributed by atoms with Gasteiger partial charge in [0.15, 0.2) is 0 Å². The summed E-state index contributed by atoms with van der Waals surface area (Å²) in [5.74, 6) is -0.874. The number of aliphatic carboxylic acids is 1. The number of hydrogen-bond donors (Lipinski definition) is 1. The fourth-order valence-corrected chi connectivity index (χ4v) is 3.91. The Morgan fingerprint density at radius 3 is 2.81 bits per heavy atom. The van der Waals surface area contributed by atoms with Gasteiger partial charge in [0.1, 0.15) is 16.8 Å². The number of β-lactam (4-membered cyclic amide) rings is 1. The maximum atomic E-state index is 12.0. The van der Waals surface area contributed by atoms with Crippen LogP contribution in [0.2, 0.25) is 5.02 Å². The summed E-state index contributed by atoms with van der Waals surface area (Å²) in [5.41, 5.74) is 0.436. The topological polar surface area (TPSA) is 70.0 Å². The quantitative estimate of drug-likeness (QED) is 0.676. The number of carbonyl (C=O) groups excluding carboxylic acids is 1. The molecule has 0 bridgehead atoms. The molecule has 5 nitrogen and oxygen atoms in total. The van der Waals surface area contributed by atoms with Crippen molar-refractivity contribution >= 4 is 52.9 Å². The van der Waals surface area contributed by atoms with Gasteiger partial charge in [0.05, 0.1) is 0 Å². The van der Waals surface area contributed by atoms with Crippen LogP contribution in [0.3, 0.4) is 0 Å². The maximum absolute atomic E-state index is 12.0. The van der Waals surface area contributed by atoms with E-state index < -0.39 is 5.97 Å². The predicted octanol–water partition coefficient (Wildman–Crippen LogP) is 2.67. The first-order valence-corrected chi connectivity index (χ1v) is 8.17. The smallest absolute Gasteiger partial charge is 0.352 e. The van der Waals surface area contributed by atoms with Crippen molar-refractivity contribution in [3.63, 3.8) is 0 Å². The molecular weight excluding hydrogens is 332 g/mol. The van der Waals surface area contributed by atoms with E-state index in [1.54, 1.807) is 18.2 Å². The summed E-state index contributed by atoms with van der Waals surface area (Å²) in [6, 6.07) is 7.13. The van der Waals surface area contributed by atoms with Crippen molar-refractivity contribution in [1.82, 2.24) is 4.90 Å². The lowest BCUT2D eigenvalue weighted by Crippen LogP contribution is -2.61. The van der Waals surface area contributed by atoms with E-state index in [9.17, 15) is 9.59 Å². The van der Waals surface area contributed by atoms with Crippen molar-refractivity contribution in [1.29, 1.82) is 0 Å². The number of carbonyl (C=O) groups is 2. The maximum Gasteiger partial charge on any atom is 0.352 e. The zero-order valence-electron chi connectivity index (χ0n) is 10.5. The molecule has 1 atom stereocenters. The van der Waals surface area contributed by atoms with Crippen LogP contribution in [0.1, 0.15) is 0 Å². The van der Waals surface area contributed by atoms with Crippen molar-refractivity contribution in [3.8, 4) is 0 Å². The third kappa shape index (κ3) is 2.68. The van der Waals surface area contributed by atoms with Crippen molar-refractivity contribution in [2.45, 2.75) is 10.3 Å². The Bertz CT molecular complexity index is 672. The second kappa shape index (κ2) is 5.75. The summed E-state index contributed by atoms with van der Waals surface area (Å²) in [6.07, 6.45) is 1.55. The number of rotatable bonds is 3. The molecule has 2 aliphatic rings. The average molecular weight is 341 g/mol. The van der Waals surface area contributed by atoms with E-state index in [1.165, 1.54) is 28.6 Å². The molecule has 1 amide bonds. The molecule has 1 aromatic carbocycles. The lowest BCUT2D eigenvalue weighted by Gasteiger charge is -2.42. The van der Waals surface area contributed by atoms with E-state index >= 15 is 0 Å². The molecule has 21 heavy (non-hydrogen) atoms. The number of amides is 1. The van der Waals surface area contributed by atoms with Crippen molar-refractivity contribution < 1.29 is 14.7 Å². The largest absolute Gasteiger partial charge is 0.477 e. The van der Waals surface area contributed by atoms with E-state index in [1.807, 2.05) is 12.1 Å². The molecule has 1 fully saturated rings. The Balaban J connectivity index is 1.75. The summed E-state index contributed by atoms with van der Waals surface area (Å²) in [7, 11) is 0. The Morgan fingerprint density at radius 1 is 1.43 bits per heavy atom. The SMILES string of the molecule is O=C(O)C1=CCS[C@@H]2/C(=N\Sc3ccc(Cl)cc3)C(=O)N12. The summed E-state index contributed by atoms with van der Waals surface area (Å²) in [5, 5.41) is 9.41. The van der Waals surface area contributed by atoms with E-state index in [0.29, 0.717) is 16.5 Å². The van der Waals surface area contributed by atoms with Crippen LogP contribution in [0.4, 0.5) is 0 Å². The standard InChI is InChI=1S/C13H9ClN2O3S2/c14-7-1-3-8(4-2-7)21-15-10-11(17)16-9(13(18)19)5-6-20-12(10)16/h1-5,12H,6H2,(H,18,19)/b15-10-/t12-/m1/s1. The number of nitrogens with zero attached hydrogens (tertiary/aromatic N) is 2. The normalized spacial score (nSPS) is 22.6. The molecule has 1 aromatic rings. The van der Waals surface area contributed by atoms with Crippen LogP contribution in [0, 0.1) is 0 Å². The molecule has 3 rings (SSSR count). The molecule has 0 spiro atoms. The second-order valence-electron chi connectivity index (χ2n) is 4.28. The molecule has 0 unspecified atom stereocenters. The number of carboxylic acid groups (broad SMARTS) is 1. The van der Waals surface area contributed by atoms with E-state index in [4.69, 9.17) is 16.7 Å². The molecule has 1 saturated heterocycles. The summed E-state index contributed by atoms with van der Waals surface area (Å²) < 4.78 is 4.25. The van der Waals surface area contributed by atoms with Crippen LogP contribution >= 0.6 is 35.3 Å². The predicted molar refractivity (Wildman–Crippen MR) is 83.6 cm³/mol. The van der Waals surface area contributed by atoms with E-state index in [-0.39, 0.29) is 17.0 Å². The van der Waals surface area contributed by atoms with Gasteiger partial charge in [-0.2, -0.15) is 0 Å². The van der Waals surface area contributed by atoms with Gasteiger partial charge in [0.2, 0.25) is 0 Å². The zero-order valence-corrected chi connectivity index (χ0v) is 12.9. The van der Waals surface area contributed by atoms with Gasteiger partial charge in [-0.3, -0.25) is 9.69 Å². The van der Waals surface area contributed by atoms with E-state index in [0.717, 1.165) is 4.90 Å². The number of thioether (sulfide) groups is 1. The molecule has 2 heterocycles. The minimum Gasteiger partial charge on any atom is -0.477 e. The monoisotopic (exact) mass is 340 g/mol. The number of carboxylic acids is 1.